The molecule has 0 radical (unpaired) electrons. The van der Waals surface area contributed by atoms with Crippen molar-refractivity contribution in [1.82, 2.24) is 10.1 Å². The Hall–Kier alpha value is -3.15. The number of nitrogens with one attached hydrogen (secondary N) is 1. The fraction of sp³-hybridized carbons (Fsp3) is 0.211. The fourth-order valence-electron chi connectivity index (χ4n) is 2.45. The number of benzene rings is 2. The van der Waals surface area contributed by atoms with E-state index in [9.17, 15) is 4.79 Å². The molecule has 1 amide bonds. The van der Waals surface area contributed by atoms with Gasteiger partial charge in [-0.3, -0.25) is 4.79 Å². The van der Waals surface area contributed by atoms with E-state index in [0.29, 0.717) is 29.1 Å². The third-order valence-electron chi connectivity index (χ3n) is 3.89. The van der Waals surface area contributed by atoms with E-state index in [4.69, 9.17) is 9.26 Å². The number of amides is 1. The summed E-state index contributed by atoms with van der Waals surface area (Å²) in [5, 5.41) is 6.83. The molecule has 3 aromatic rings. The number of carbonyl (C=O) groups excluding carboxylic acids is 1. The van der Waals surface area contributed by atoms with Gasteiger partial charge in [-0.2, -0.15) is 4.98 Å². The lowest BCUT2D eigenvalue weighted by Crippen LogP contribution is -2.20. The lowest BCUT2D eigenvalue weighted by Gasteiger charge is -2.08. The summed E-state index contributed by atoms with van der Waals surface area (Å²) in [4.78, 5) is 16.5. The second kappa shape index (κ2) is 6.76. The van der Waals surface area contributed by atoms with E-state index in [-0.39, 0.29) is 12.5 Å². The van der Waals surface area contributed by atoms with Gasteiger partial charge in [0.1, 0.15) is 5.75 Å². The van der Waals surface area contributed by atoms with Gasteiger partial charge in [0.15, 0.2) is 6.61 Å². The van der Waals surface area contributed by atoms with Crippen LogP contribution in [0, 0.1) is 0 Å². The molecule has 25 heavy (non-hydrogen) atoms. The molecule has 0 unspecified atom stereocenters. The molecule has 1 saturated carbocycles. The number of nitrogens with zero attached hydrogens (tertiary/aromatic N) is 2. The Kier molecular flexibility index (Phi) is 4.16. The van der Waals surface area contributed by atoms with Crippen molar-refractivity contribution in [2.45, 2.75) is 18.8 Å². The van der Waals surface area contributed by atoms with Gasteiger partial charge >= 0.3 is 0 Å². The van der Waals surface area contributed by atoms with E-state index in [1.54, 1.807) is 0 Å². The van der Waals surface area contributed by atoms with Crippen LogP contribution in [-0.4, -0.2) is 22.7 Å². The Morgan fingerprint density at radius 1 is 1.16 bits per heavy atom. The second-order valence-electron chi connectivity index (χ2n) is 5.96. The summed E-state index contributed by atoms with van der Waals surface area (Å²) >= 11 is 0. The van der Waals surface area contributed by atoms with Gasteiger partial charge < -0.3 is 14.6 Å². The highest BCUT2D eigenvalue weighted by Crippen LogP contribution is 2.39. The van der Waals surface area contributed by atoms with Crippen LogP contribution < -0.4 is 10.1 Å². The molecule has 2 aromatic carbocycles. The van der Waals surface area contributed by atoms with Crippen LogP contribution in [0.25, 0.3) is 11.4 Å². The monoisotopic (exact) mass is 335 g/mol. The third-order valence-corrected chi connectivity index (χ3v) is 3.89. The molecular weight excluding hydrogens is 318 g/mol. The maximum Gasteiger partial charge on any atom is 0.262 e. The molecule has 1 heterocycles. The van der Waals surface area contributed by atoms with Crippen LogP contribution in [0.2, 0.25) is 0 Å². The van der Waals surface area contributed by atoms with Crippen LogP contribution in [0.5, 0.6) is 5.75 Å². The van der Waals surface area contributed by atoms with Crippen LogP contribution >= 0.6 is 0 Å². The minimum atomic E-state index is -0.229. The van der Waals surface area contributed by atoms with Gasteiger partial charge in [0.25, 0.3) is 5.91 Å². The lowest BCUT2D eigenvalue weighted by molar-refractivity contribution is -0.118. The van der Waals surface area contributed by atoms with E-state index < -0.39 is 0 Å². The molecule has 6 heteroatoms. The van der Waals surface area contributed by atoms with Crippen LogP contribution in [0.3, 0.4) is 0 Å². The summed E-state index contributed by atoms with van der Waals surface area (Å²) in [7, 11) is 0. The van der Waals surface area contributed by atoms with Crippen molar-refractivity contribution in [1.29, 1.82) is 0 Å². The molecule has 0 saturated heterocycles. The molecule has 1 aromatic heterocycles. The van der Waals surface area contributed by atoms with Crippen LogP contribution in [0.4, 0.5) is 5.69 Å². The van der Waals surface area contributed by atoms with Crippen molar-refractivity contribution in [3.05, 3.63) is 60.5 Å². The Balaban J connectivity index is 1.39. The van der Waals surface area contributed by atoms with Gasteiger partial charge in [0, 0.05) is 17.2 Å². The predicted molar refractivity (Wildman–Crippen MR) is 92.3 cm³/mol. The molecule has 0 atom stereocenters. The van der Waals surface area contributed by atoms with Gasteiger partial charge in [-0.15, -0.1) is 0 Å². The summed E-state index contributed by atoms with van der Waals surface area (Å²) in [6.07, 6.45) is 2.22. The summed E-state index contributed by atoms with van der Waals surface area (Å²) in [5.41, 5.74) is 1.47. The number of hydrogen-bond acceptors (Lipinski definition) is 5. The Morgan fingerprint density at radius 3 is 2.80 bits per heavy atom. The fourth-order valence-corrected chi connectivity index (χ4v) is 2.45. The molecule has 1 aliphatic carbocycles. The van der Waals surface area contributed by atoms with Gasteiger partial charge in [-0.05, 0) is 37.1 Å². The number of anilines is 1. The molecular formula is C19H17N3O3. The summed E-state index contributed by atoms with van der Waals surface area (Å²) in [5.74, 6) is 2.08. The Morgan fingerprint density at radius 2 is 2.00 bits per heavy atom. The average Bonchev–Trinajstić information content (AvgIpc) is 3.38. The smallest absolute Gasteiger partial charge is 0.262 e. The molecule has 4 rings (SSSR count). The van der Waals surface area contributed by atoms with E-state index in [1.807, 2.05) is 54.6 Å². The summed E-state index contributed by atoms with van der Waals surface area (Å²) in [6.45, 7) is -0.0533. The van der Waals surface area contributed by atoms with E-state index in [2.05, 4.69) is 15.5 Å². The SMILES string of the molecule is O=C(COc1ccccc1)Nc1cccc(-c2noc(C3CC3)n2)c1. The highest BCUT2D eigenvalue weighted by molar-refractivity contribution is 5.92. The Bertz CT molecular complexity index is 872. The molecule has 6 nitrogen and oxygen atoms in total. The number of ether oxygens (including phenoxy) is 1. The number of rotatable bonds is 6. The number of aromatic nitrogens is 2. The third kappa shape index (κ3) is 3.85. The van der Waals surface area contributed by atoms with Gasteiger partial charge in [0.05, 0.1) is 0 Å². The van der Waals surface area contributed by atoms with Crippen molar-refractivity contribution >= 4 is 11.6 Å². The van der Waals surface area contributed by atoms with Gasteiger partial charge in [-0.25, -0.2) is 0 Å². The largest absolute Gasteiger partial charge is 0.484 e. The van der Waals surface area contributed by atoms with Crippen LogP contribution in [-0.2, 0) is 4.79 Å². The van der Waals surface area contributed by atoms with E-state index >= 15 is 0 Å². The first kappa shape index (κ1) is 15.4. The molecule has 1 N–H and O–H groups in total. The molecule has 0 spiro atoms. The molecule has 0 aliphatic heterocycles. The minimum Gasteiger partial charge on any atom is -0.484 e. The standard InChI is InChI=1S/C19H17N3O3/c23-17(12-24-16-7-2-1-3-8-16)20-15-6-4-5-14(11-15)18-21-19(25-22-18)13-9-10-13/h1-8,11,13H,9-10,12H2,(H,20,23). The minimum absolute atomic E-state index is 0.0533. The van der Waals surface area contributed by atoms with Crippen LogP contribution in [0.15, 0.2) is 59.1 Å². The molecule has 0 bridgehead atoms. The molecule has 1 aliphatic rings. The number of carbonyl (C=O) groups is 1. The van der Waals surface area contributed by atoms with Crippen molar-refractivity contribution in [3.63, 3.8) is 0 Å². The zero-order chi connectivity index (χ0) is 17.1. The molecule has 1 fully saturated rings. The van der Waals surface area contributed by atoms with Crippen molar-refractivity contribution in [2.75, 3.05) is 11.9 Å². The van der Waals surface area contributed by atoms with Gasteiger partial charge in [-0.1, -0.05) is 35.5 Å². The van der Waals surface area contributed by atoms with Crippen molar-refractivity contribution < 1.29 is 14.1 Å². The summed E-state index contributed by atoms with van der Waals surface area (Å²) in [6, 6.07) is 16.6. The highest BCUT2D eigenvalue weighted by Gasteiger charge is 2.29. The van der Waals surface area contributed by atoms with Crippen molar-refractivity contribution in [3.8, 4) is 17.1 Å². The zero-order valence-electron chi connectivity index (χ0n) is 13.5. The summed E-state index contributed by atoms with van der Waals surface area (Å²) < 4.78 is 10.7. The molecule has 126 valence electrons. The Labute approximate surface area is 144 Å². The number of hydrogen-bond donors (Lipinski definition) is 1. The lowest BCUT2D eigenvalue weighted by atomic mass is 10.2. The number of para-hydroxylation sites is 1. The van der Waals surface area contributed by atoms with Crippen LogP contribution in [0.1, 0.15) is 24.7 Å². The topological polar surface area (TPSA) is 77.2 Å². The van der Waals surface area contributed by atoms with E-state index in [0.717, 1.165) is 18.4 Å². The highest BCUT2D eigenvalue weighted by atomic mass is 16.5. The predicted octanol–water partition coefficient (Wildman–Crippen LogP) is 3.63. The first-order chi connectivity index (χ1) is 12.3. The normalized spacial score (nSPS) is 13.4. The van der Waals surface area contributed by atoms with Gasteiger partial charge in [0.2, 0.25) is 11.7 Å². The average molecular weight is 335 g/mol. The first-order valence-corrected chi connectivity index (χ1v) is 8.20. The van der Waals surface area contributed by atoms with E-state index in [1.165, 1.54) is 0 Å². The second-order valence-corrected chi connectivity index (χ2v) is 5.96. The van der Waals surface area contributed by atoms with Crippen molar-refractivity contribution in [2.24, 2.45) is 0 Å². The maximum atomic E-state index is 12.0. The quantitative estimate of drug-likeness (QED) is 0.744. The zero-order valence-corrected chi connectivity index (χ0v) is 13.5. The first-order valence-electron chi connectivity index (χ1n) is 8.20. The maximum absolute atomic E-state index is 12.0.